The topological polar surface area (TPSA) is 130 Å². The first-order valence-electron chi connectivity index (χ1n) is 10.6. The van der Waals surface area contributed by atoms with Crippen molar-refractivity contribution in [3.8, 4) is 17.1 Å². The number of amides is 1. The molecule has 0 spiro atoms. The minimum absolute atomic E-state index is 0.0397. The smallest absolute Gasteiger partial charge is 0.270 e. The van der Waals surface area contributed by atoms with E-state index >= 15 is 0 Å². The van der Waals surface area contributed by atoms with Crippen LogP contribution >= 0.6 is 0 Å². The molecular formula is C22H26FN7O3. The predicted molar refractivity (Wildman–Crippen MR) is 117 cm³/mol. The zero-order valence-electron chi connectivity index (χ0n) is 18.5. The van der Waals surface area contributed by atoms with Crippen LogP contribution in [0.4, 0.5) is 4.39 Å². The van der Waals surface area contributed by atoms with Crippen LogP contribution in [0.1, 0.15) is 34.7 Å². The zero-order chi connectivity index (χ0) is 23.4. The summed E-state index contributed by atoms with van der Waals surface area (Å²) in [6.45, 7) is 3.00. The van der Waals surface area contributed by atoms with Gasteiger partial charge in [-0.25, -0.2) is 19.0 Å². The molecule has 0 aliphatic carbocycles. The number of nitrogens with zero attached hydrogens (tertiary/aromatic N) is 5. The molecule has 1 fully saturated rings. The fourth-order valence-electron chi connectivity index (χ4n) is 3.59. The number of aromatic nitrogens is 5. The van der Waals surface area contributed by atoms with Gasteiger partial charge >= 0.3 is 0 Å². The fourth-order valence-corrected chi connectivity index (χ4v) is 3.59. The molecule has 0 bridgehead atoms. The van der Waals surface area contributed by atoms with Crippen molar-refractivity contribution in [1.29, 1.82) is 0 Å². The van der Waals surface area contributed by atoms with Gasteiger partial charge in [0.25, 0.3) is 5.91 Å². The summed E-state index contributed by atoms with van der Waals surface area (Å²) in [5, 5.41) is 11.1. The molecule has 0 saturated carbocycles. The summed E-state index contributed by atoms with van der Waals surface area (Å²) in [7, 11) is 1.39. The summed E-state index contributed by atoms with van der Waals surface area (Å²) < 4.78 is 26.0. The van der Waals surface area contributed by atoms with Crippen LogP contribution in [0.15, 0.2) is 30.5 Å². The quantitative estimate of drug-likeness (QED) is 0.550. The van der Waals surface area contributed by atoms with Gasteiger partial charge in [0.15, 0.2) is 11.6 Å². The Morgan fingerprint density at radius 2 is 2.15 bits per heavy atom. The largest absolute Gasteiger partial charge is 0.494 e. The Kier molecular flexibility index (Phi) is 6.90. The number of rotatable bonds is 7. The van der Waals surface area contributed by atoms with Gasteiger partial charge in [-0.05, 0) is 43.5 Å². The molecule has 3 N–H and O–H groups in total. The highest BCUT2D eigenvalue weighted by Gasteiger charge is 2.20. The maximum absolute atomic E-state index is 13.6. The lowest BCUT2D eigenvalue weighted by Crippen LogP contribution is -2.37. The number of aryl methyl sites for hydroxylation is 1. The molecule has 2 atom stereocenters. The number of ether oxygens (including phenoxy) is 2. The number of hydrogen-bond donors (Lipinski definition) is 2. The standard InChI is InChI=1S/C22H26FN7O3/c1-13-26-18(20-11-30(29-28-20)10-16-5-4-15(24)12-33-16)8-19(27-13)22(31)25-9-14-3-6-17(23)21(7-14)32-2/h3,6-8,11,15-16H,4-5,9-10,12,24H2,1-2H3,(H,25,31)/t15-,16?/m1/s1. The molecule has 1 aliphatic heterocycles. The van der Waals surface area contributed by atoms with Crippen molar-refractivity contribution < 1.29 is 18.7 Å². The van der Waals surface area contributed by atoms with Crippen molar-refractivity contribution >= 4 is 5.91 Å². The normalized spacial score (nSPS) is 18.2. The van der Waals surface area contributed by atoms with E-state index in [2.05, 4.69) is 25.6 Å². The first-order chi connectivity index (χ1) is 15.9. The summed E-state index contributed by atoms with van der Waals surface area (Å²) in [5.74, 6) is -0.300. The summed E-state index contributed by atoms with van der Waals surface area (Å²) in [6.07, 6.45) is 3.60. The molecule has 1 amide bonds. The van der Waals surface area contributed by atoms with Crippen LogP contribution in [0.5, 0.6) is 5.75 Å². The van der Waals surface area contributed by atoms with Crippen molar-refractivity contribution in [2.24, 2.45) is 5.73 Å². The second-order valence-corrected chi connectivity index (χ2v) is 7.96. The maximum atomic E-state index is 13.6. The molecule has 3 aromatic rings. The molecule has 4 rings (SSSR count). The lowest BCUT2D eigenvalue weighted by Gasteiger charge is -2.26. The average Bonchev–Trinajstić information content (AvgIpc) is 3.28. The van der Waals surface area contributed by atoms with Gasteiger partial charge in [-0.2, -0.15) is 0 Å². The Morgan fingerprint density at radius 1 is 1.30 bits per heavy atom. The van der Waals surface area contributed by atoms with Crippen molar-refractivity contribution in [3.63, 3.8) is 0 Å². The van der Waals surface area contributed by atoms with E-state index in [1.54, 1.807) is 29.9 Å². The molecule has 174 valence electrons. The van der Waals surface area contributed by atoms with Crippen LogP contribution in [-0.4, -0.2) is 56.7 Å². The number of carbonyl (C=O) groups is 1. The van der Waals surface area contributed by atoms with Crippen molar-refractivity contribution in [3.05, 3.63) is 53.4 Å². The van der Waals surface area contributed by atoms with Gasteiger partial charge < -0.3 is 20.5 Å². The second kappa shape index (κ2) is 10.0. The Morgan fingerprint density at radius 3 is 2.91 bits per heavy atom. The van der Waals surface area contributed by atoms with E-state index in [0.29, 0.717) is 35.9 Å². The maximum Gasteiger partial charge on any atom is 0.270 e. The molecule has 1 aromatic carbocycles. The fraction of sp³-hybridized carbons (Fsp3) is 0.409. The molecule has 1 saturated heterocycles. The lowest BCUT2D eigenvalue weighted by atomic mass is 10.1. The number of benzene rings is 1. The third-order valence-electron chi connectivity index (χ3n) is 5.34. The molecular weight excluding hydrogens is 429 g/mol. The number of nitrogens with one attached hydrogen (secondary N) is 1. The first kappa shape index (κ1) is 22.7. The van der Waals surface area contributed by atoms with E-state index in [-0.39, 0.29) is 36.0 Å². The predicted octanol–water partition coefficient (Wildman–Crippen LogP) is 1.63. The highest BCUT2D eigenvalue weighted by molar-refractivity contribution is 5.93. The van der Waals surface area contributed by atoms with E-state index in [1.807, 2.05) is 0 Å². The van der Waals surface area contributed by atoms with Crippen molar-refractivity contribution in [2.75, 3.05) is 13.7 Å². The Bertz CT molecular complexity index is 1130. The molecule has 10 nitrogen and oxygen atoms in total. The van der Waals surface area contributed by atoms with Crippen LogP contribution in [-0.2, 0) is 17.8 Å². The molecule has 11 heteroatoms. The molecule has 2 aromatic heterocycles. The highest BCUT2D eigenvalue weighted by Crippen LogP contribution is 2.19. The molecule has 3 heterocycles. The van der Waals surface area contributed by atoms with Crippen LogP contribution < -0.4 is 15.8 Å². The van der Waals surface area contributed by atoms with Gasteiger partial charge in [-0.1, -0.05) is 11.3 Å². The van der Waals surface area contributed by atoms with Crippen LogP contribution in [0, 0.1) is 12.7 Å². The van der Waals surface area contributed by atoms with E-state index in [0.717, 1.165) is 12.8 Å². The summed E-state index contributed by atoms with van der Waals surface area (Å²) in [5.41, 5.74) is 7.79. The molecule has 33 heavy (non-hydrogen) atoms. The minimum Gasteiger partial charge on any atom is -0.494 e. The minimum atomic E-state index is -0.463. The third-order valence-corrected chi connectivity index (χ3v) is 5.34. The SMILES string of the molecule is COc1cc(CNC(=O)c2cc(-c3cn(CC4CC[C@@H](N)CO4)nn3)nc(C)n2)ccc1F. The first-order valence-corrected chi connectivity index (χ1v) is 10.6. The molecule has 1 aliphatic rings. The van der Waals surface area contributed by atoms with E-state index in [9.17, 15) is 9.18 Å². The highest BCUT2D eigenvalue weighted by atomic mass is 19.1. The third kappa shape index (κ3) is 5.68. The van der Waals surface area contributed by atoms with Gasteiger partial charge in [0.2, 0.25) is 0 Å². The second-order valence-electron chi connectivity index (χ2n) is 7.96. The number of methoxy groups -OCH3 is 1. The zero-order valence-corrected chi connectivity index (χ0v) is 18.5. The van der Waals surface area contributed by atoms with Crippen LogP contribution in [0.25, 0.3) is 11.4 Å². The number of carbonyl (C=O) groups excluding carboxylic acids is 1. The van der Waals surface area contributed by atoms with E-state index in [1.165, 1.54) is 19.2 Å². The van der Waals surface area contributed by atoms with Gasteiger partial charge in [0.05, 0.1) is 38.3 Å². The van der Waals surface area contributed by atoms with Crippen LogP contribution in [0.3, 0.4) is 0 Å². The molecule has 1 unspecified atom stereocenters. The Balaban J connectivity index is 1.43. The van der Waals surface area contributed by atoms with E-state index < -0.39 is 5.82 Å². The lowest BCUT2D eigenvalue weighted by molar-refractivity contribution is -0.00618. The number of hydrogen-bond acceptors (Lipinski definition) is 8. The number of halogens is 1. The summed E-state index contributed by atoms with van der Waals surface area (Å²) in [4.78, 5) is 21.3. The van der Waals surface area contributed by atoms with Gasteiger partial charge in [-0.3, -0.25) is 4.79 Å². The molecule has 0 radical (unpaired) electrons. The average molecular weight is 455 g/mol. The summed E-state index contributed by atoms with van der Waals surface area (Å²) >= 11 is 0. The van der Waals surface area contributed by atoms with Gasteiger partial charge in [-0.15, -0.1) is 5.10 Å². The van der Waals surface area contributed by atoms with Crippen molar-refractivity contribution in [2.45, 2.75) is 45.0 Å². The van der Waals surface area contributed by atoms with Gasteiger partial charge in [0.1, 0.15) is 17.2 Å². The number of nitrogens with two attached hydrogens (primary N) is 1. The Hall–Kier alpha value is -3.44. The monoisotopic (exact) mass is 455 g/mol. The van der Waals surface area contributed by atoms with Crippen LogP contribution in [0.2, 0.25) is 0 Å². The Labute approximate surface area is 190 Å². The van der Waals surface area contributed by atoms with Gasteiger partial charge in [0, 0.05) is 12.6 Å². The van der Waals surface area contributed by atoms with E-state index in [4.69, 9.17) is 15.2 Å². The summed E-state index contributed by atoms with van der Waals surface area (Å²) in [6, 6.07) is 6.07. The van der Waals surface area contributed by atoms with Crippen molar-refractivity contribution in [1.82, 2.24) is 30.3 Å².